The van der Waals surface area contributed by atoms with E-state index in [-0.39, 0.29) is 35.6 Å². The molecule has 0 saturated carbocycles. The van der Waals surface area contributed by atoms with Crippen molar-refractivity contribution in [3.05, 3.63) is 29.8 Å². The number of halogens is 1. The molecule has 1 heterocycles. The highest BCUT2D eigenvalue weighted by Crippen LogP contribution is 2.39. The average Bonchev–Trinajstić information content (AvgIpc) is 2.42. The molecule has 2 N–H and O–H groups in total. The molecule has 2 rings (SSSR count). The molecule has 0 saturated heterocycles. The Morgan fingerprint density at radius 2 is 2.19 bits per heavy atom. The van der Waals surface area contributed by atoms with Crippen LogP contribution in [0.4, 0.5) is 0 Å². The van der Waals surface area contributed by atoms with Crippen LogP contribution in [-0.4, -0.2) is 25.2 Å². The highest BCUT2D eigenvalue weighted by molar-refractivity contribution is 14.0. The minimum Gasteiger partial charge on any atom is -0.487 e. The Bertz CT molecular complexity index is 549. The summed E-state index contributed by atoms with van der Waals surface area (Å²) in [6, 6.07) is 8.24. The number of fused-ring (bicyclic) bond motifs is 1. The third kappa shape index (κ3) is 4.53. The number of benzene rings is 1. The van der Waals surface area contributed by atoms with Crippen LogP contribution in [-0.2, 0) is 0 Å². The topological polar surface area (TPSA) is 45.7 Å². The van der Waals surface area contributed by atoms with Gasteiger partial charge in [0.2, 0.25) is 0 Å². The van der Waals surface area contributed by atoms with Crippen molar-refractivity contribution in [2.75, 3.05) is 13.6 Å². The summed E-state index contributed by atoms with van der Waals surface area (Å²) in [5.41, 5.74) is 0.937. The van der Waals surface area contributed by atoms with Crippen LogP contribution in [0.1, 0.15) is 31.9 Å². The van der Waals surface area contributed by atoms with Gasteiger partial charge < -0.3 is 15.4 Å². The number of terminal acetylenes is 1. The van der Waals surface area contributed by atoms with Crippen molar-refractivity contribution in [1.29, 1.82) is 0 Å². The molecule has 21 heavy (non-hydrogen) atoms. The highest BCUT2D eigenvalue weighted by atomic mass is 127. The van der Waals surface area contributed by atoms with Crippen LogP contribution in [0.15, 0.2) is 29.3 Å². The Hall–Kier alpha value is -1.42. The fourth-order valence-electron chi connectivity index (χ4n) is 2.43. The van der Waals surface area contributed by atoms with E-state index >= 15 is 0 Å². The number of para-hydroxylation sites is 1. The molecular formula is C16H22IN3O. The average molecular weight is 399 g/mol. The van der Waals surface area contributed by atoms with Gasteiger partial charge in [0.15, 0.2) is 5.96 Å². The summed E-state index contributed by atoms with van der Waals surface area (Å²) in [5, 5.41) is 6.50. The van der Waals surface area contributed by atoms with Crippen LogP contribution in [0.3, 0.4) is 0 Å². The molecule has 0 radical (unpaired) electrons. The Morgan fingerprint density at radius 3 is 2.86 bits per heavy atom. The van der Waals surface area contributed by atoms with Crippen molar-refractivity contribution in [1.82, 2.24) is 10.6 Å². The van der Waals surface area contributed by atoms with Crippen LogP contribution in [0.2, 0.25) is 0 Å². The first kappa shape index (κ1) is 17.6. The van der Waals surface area contributed by atoms with E-state index in [9.17, 15) is 0 Å². The van der Waals surface area contributed by atoms with Gasteiger partial charge in [-0.3, -0.25) is 4.99 Å². The molecule has 1 aromatic rings. The van der Waals surface area contributed by atoms with Gasteiger partial charge in [-0.25, -0.2) is 0 Å². The molecule has 0 aliphatic carbocycles. The van der Waals surface area contributed by atoms with Crippen LogP contribution >= 0.6 is 24.0 Å². The van der Waals surface area contributed by atoms with E-state index in [1.807, 2.05) is 18.2 Å². The fourth-order valence-corrected chi connectivity index (χ4v) is 2.43. The fraction of sp³-hybridized carbons (Fsp3) is 0.438. The summed E-state index contributed by atoms with van der Waals surface area (Å²) in [6.45, 7) is 4.64. The number of rotatable bonds is 2. The Morgan fingerprint density at radius 1 is 1.48 bits per heavy atom. The van der Waals surface area contributed by atoms with E-state index in [0.29, 0.717) is 12.5 Å². The second-order valence-corrected chi connectivity index (χ2v) is 5.43. The molecule has 0 amide bonds. The standard InChI is InChI=1S/C16H21N3O.HI/c1-5-10-18-15(17-4)19-13-11-16(2,3)20-14-9-7-6-8-12(13)14;/h1,6-9,13H,10-11H2,2-4H3,(H2,17,18,19);1H. The Labute approximate surface area is 143 Å². The van der Waals surface area contributed by atoms with Crippen molar-refractivity contribution < 1.29 is 4.74 Å². The lowest BCUT2D eigenvalue weighted by atomic mass is 9.90. The van der Waals surface area contributed by atoms with E-state index in [2.05, 4.69) is 41.5 Å². The van der Waals surface area contributed by atoms with E-state index < -0.39 is 0 Å². The number of nitrogens with one attached hydrogen (secondary N) is 2. The van der Waals surface area contributed by atoms with Gasteiger partial charge >= 0.3 is 0 Å². The minimum absolute atomic E-state index is 0. The van der Waals surface area contributed by atoms with E-state index in [1.54, 1.807) is 7.05 Å². The molecular weight excluding hydrogens is 377 g/mol. The number of hydrogen-bond donors (Lipinski definition) is 2. The van der Waals surface area contributed by atoms with Crippen molar-refractivity contribution in [2.45, 2.75) is 31.9 Å². The highest BCUT2D eigenvalue weighted by Gasteiger charge is 2.33. The molecule has 5 heteroatoms. The second kappa shape index (κ2) is 7.55. The zero-order valence-corrected chi connectivity index (χ0v) is 15.0. The number of aliphatic imine (C=N–C) groups is 1. The monoisotopic (exact) mass is 399 g/mol. The summed E-state index contributed by atoms with van der Waals surface area (Å²) in [5.74, 6) is 4.18. The number of guanidine groups is 1. The molecule has 4 nitrogen and oxygen atoms in total. The molecule has 114 valence electrons. The zero-order valence-electron chi connectivity index (χ0n) is 12.6. The molecule has 1 atom stereocenters. The van der Waals surface area contributed by atoms with Gasteiger partial charge in [0.25, 0.3) is 0 Å². The molecule has 1 aliphatic rings. The third-order valence-corrected chi connectivity index (χ3v) is 3.27. The van der Waals surface area contributed by atoms with Gasteiger partial charge in [-0.2, -0.15) is 0 Å². The van der Waals surface area contributed by atoms with Crippen LogP contribution < -0.4 is 15.4 Å². The third-order valence-electron chi connectivity index (χ3n) is 3.27. The number of nitrogens with zero attached hydrogens (tertiary/aromatic N) is 1. The van der Waals surface area contributed by atoms with E-state index in [4.69, 9.17) is 11.2 Å². The van der Waals surface area contributed by atoms with Gasteiger partial charge in [-0.1, -0.05) is 24.1 Å². The lowest BCUT2D eigenvalue weighted by Crippen LogP contribution is -2.45. The lowest BCUT2D eigenvalue weighted by molar-refractivity contribution is 0.0694. The van der Waals surface area contributed by atoms with Crippen LogP contribution in [0.5, 0.6) is 5.75 Å². The van der Waals surface area contributed by atoms with Gasteiger partial charge in [0.1, 0.15) is 11.4 Å². The van der Waals surface area contributed by atoms with Gasteiger partial charge in [0.05, 0.1) is 12.6 Å². The van der Waals surface area contributed by atoms with Crippen molar-refractivity contribution in [3.63, 3.8) is 0 Å². The summed E-state index contributed by atoms with van der Waals surface area (Å²) < 4.78 is 6.01. The quantitative estimate of drug-likeness (QED) is 0.348. The normalized spacial score (nSPS) is 19.3. The first-order valence-corrected chi connectivity index (χ1v) is 6.74. The van der Waals surface area contributed by atoms with Gasteiger partial charge in [-0.05, 0) is 19.9 Å². The lowest BCUT2D eigenvalue weighted by Gasteiger charge is -2.38. The predicted molar refractivity (Wildman–Crippen MR) is 97.3 cm³/mol. The van der Waals surface area contributed by atoms with Gasteiger partial charge in [0, 0.05) is 19.0 Å². The van der Waals surface area contributed by atoms with Crippen molar-refractivity contribution in [3.8, 4) is 18.1 Å². The SMILES string of the molecule is C#CCNC(=NC)NC1CC(C)(C)Oc2ccccc21.I. The predicted octanol–water partition coefficient (Wildman–Crippen LogP) is 2.71. The summed E-state index contributed by atoms with van der Waals surface area (Å²) in [7, 11) is 1.74. The van der Waals surface area contributed by atoms with Crippen molar-refractivity contribution in [2.24, 2.45) is 4.99 Å². The van der Waals surface area contributed by atoms with E-state index in [1.165, 1.54) is 0 Å². The largest absolute Gasteiger partial charge is 0.487 e. The molecule has 1 aromatic carbocycles. The summed E-state index contributed by atoms with van der Waals surface area (Å²) in [4.78, 5) is 4.20. The second-order valence-electron chi connectivity index (χ2n) is 5.43. The van der Waals surface area contributed by atoms with Crippen LogP contribution in [0.25, 0.3) is 0 Å². The molecule has 0 fully saturated rings. The van der Waals surface area contributed by atoms with Gasteiger partial charge in [-0.15, -0.1) is 30.4 Å². The summed E-state index contributed by atoms with van der Waals surface area (Å²) in [6.07, 6.45) is 6.13. The first-order valence-electron chi connectivity index (χ1n) is 6.74. The van der Waals surface area contributed by atoms with E-state index in [0.717, 1.165) is 17.7 Å². The number of ether oxygens (including phenoxy) is 1. The first-order chi connectivity index (χ1) is 9.55. The molecule has 1 aliphatic heterocycles. The minimum atomic E-state index is -0.211. The molecule has 0 aromatic heterocycles. The maximum Gasteiger partial charge on any atom is 0.192 e. The zero-order chi connectivity index (χ0) is 14.6. The number of hydrogen-bond acceptors (Lipinski definition) is 2. The maximum atomic E-state index is 6.01. The van der Waals surface area contributed by atoms with Crippen molar-refractivity contribution >= 4 is 29.9 Å². The van der Waals surface area contributed by atoms with Crippen LogP contribution in [0, 0.1) is 12.3 Å². The maximum absolute atomic E-state index is 6.01. The Kier molecular flexibility index (Phi) is 6.34. The molecule has 0 bridgehead atoms. The molecule has 0 spiro atoms. The molecule has 1 unspecified atom stereocenters. The summed E-state index contributed by atoms with van der Waals surface area (Å²) >= 11 is 0. The smallest absolute Gasteiger partial charge is 0.192 e. The Balaban J connectivity index is 0.00000220.